The van der Waals surface area contributed by atoms with E-state index in [1.807, 2.05) is 17.5 Å². The molecule has 1 atom stereocenters. The molecule has 2 heterocycles. The number of benzene rings is 1. The first kappa shape index (κ1) is 15.7. The Kier molecular flexibility index (Phi) is 4.71. The summed E-state index contributed by atoms with van der Waals surface area (Å²) >= 11 is 1.60. The minimum Gasteiger partial charge on any atom is -0.388 e. The summed E-state index contributed by atoms with van der Waals surface area (Å²) < 4.78 is 5.42. The highest BCUT2D eigenvalue weighted by Crippen LogP contribution is 2.21. The van der Waals surface area contributed by atoms with Gasteiger partial charge in [0.2, 0.25) is 0 Å². The number of fused-ring (bicyclic) bond motifs is 1. The summed E-state index contributed by atoms with van der Waals surface area (Å²) in [6, 6.07) is 9.14. The van der Waals surface area contributed by atoms with Gasteiger partial charge in [-0.25, -0.2) is 4.98 Å². The highest BCUT2D eigenvalue weighted by atomic mass is 32.1. The summed E-state index contributed by atoms with van der Waals surface area (Å²) in [6.07, 6.45) is -0.157. The van der Waals surface area contributed by atoms with E-state index in [1.165, 1.54) is 0 Å². The van der Waals surface area contributed by atoms with Gasteiger partial charge in [0.15, 0.2) is 0 Å². The molecule has 0 bridgehead atoms. The number of carbonyl (C=O) groups excluding carboxylic acids is 1. The number of ether oxygens (including phenoxy) is 1. The maximum Gasteiger partial charge on any atom is 0.251 e. The van der Waals surface area contributed by atoms with Crippen molar-refractivity contribution in [3.8, 4) is 0 Å². The fourth-order valence-electron chi connectivity index (χ4n) is 2.34. The zero-order valence-corrected chi connectivity index (χ0v) is 13.4. The van der Waals surface area contributed by atoms with Crippen molar-refractivity contribution in [1.82, 2.24) is 15.3 Å². The highest BCUT2D eigenvalue weighted by Gasteiger charge is 2.14. The fraction of sp³-hybridized carbons (Fsp3) is 0.250. The lowest BCUT2D eigenvalue weighted by Gasteiger charge is -2.14. The number of thiophene rings is 1. The van der Waals surface area contributed by atoms with E-state index in [2.05, 4.69) is 15.3 Å². The summed E-state index contributed by atoms with van der Waals surface area (Å²) in [6.45, 7) is 0.241. The lowest BCUT2D eigenvalue weighted by molar-refractivity contribution is 0.0838. The third-order valence-corrected chi connectivity index (χ3v) is 4.50. The van der Waals surface area contributed by atoms with Crippen LogP contribution in [0.2, 0.25) is 0 Å². The average Bonchev–Trinajstić information content (AvgIpc) is 3.23. The molecule has 0 aliphatic heterocycles. The molecule has 1 aromatic carbocycles. The van der Waals surface area contributed by atoms with Crippen molar-refractivity contribution in [2.45, 2.75) is 12.7 Å². The predicted octanol–water partition coefficient (Wildman–Crippen LogP) is 2.23. The number of aliphatic hydroxyl groups excluding tert-OH is 1. The van der Waals surface area contributed by atoms with Crippen LogP contribution in [-0.2, 0) is 11.3 Å². The minimum atomic E-state index is -0.175. The van der Waals surface area contributed by atoms with Gasteiger partial charge in [-0.2, -0.15) is 0 Å². The Hall–Kier alpha value is -2.22. The van der Waals surface area contributed by atoms with Gasteiger partial charge < -0.3 is 20.1 Å². The molecule has 7 heteroatoms. The number of aliphatic hydroxyl groups is 1. The van der Waals surface area contributed by atoms with Gasteiger partial charge in [0.05, 0.1) is 11.0 Å². The number of imidazole rings is 1. The number of aromatic nitrogens is 2. The summed E-state index contributed by atoms with van der Waals surface area (Å²) in [5, 5.41) is 14.0. The second-order valence-electron chi connectivity index (χ2n) is 5.02. The number of H-pyrrole nitrogens is 1. The van der Waals surface area contributed by atoms with Crippen molar-refractivity contribution in [2.24, 2.45) is 0 Å². The Labute approximate surface area is 137 Å². The Balaban J connectivity index is 1.70. The van der Waals surface area contributed by atoms with Crippen LogP contribution >= 0.6 is 11.3 Å². The molecule has 0 saturated carbocycles. The first-order valence-corrected chi connectivity index (χ1v) is 8.03. The largest absolute Gasteiger partial charge is 0.388 e. The first-order chi connectivity index (χ1) is 11.2. The smallest absolute Gasteiger partial charge is 0.251 e. The summed E-state index contributed by atoms with van der Waals surface area (Å²) in [5.41, 5.74) is 1.98. The topological polar surface area (TPSA) is 87.2 Å². The zero-order valence-electron chi connectivity index (χ0n) is 12.6. The molecule has 0 radical (unpaired) electrons. The van der Waals surface area contributed by atoms with Gasteiger partial charge in [-0.15, -0.1) is 11.3 Å². The first-order valence-electron chi connectivity index (χ1n) is 7.15. The molecule has 1 amide bonds. The average molecular weight is 331 g/mol. The number of nitrogens with one attached hydrogen (secondary N) is 2. The molecule has 3 aromatic rings. The van der Waals surface area contributed by atoms with E-state index in [-0.39, 0.29) is 18.6 Å². The third-order valence-electron chi connectivity index (χ3n) is 3.54. The van der Waals surface area contributed by atoms with Gasteiger partial charge in [-0.05, 0) is 29.6 Å². The second-order valence-corrected chi connectivity index (χ2v) is 6.00. The predicted molar refractivity (Wildman–Crippen MR) is 88.4 cm³/mol. The molecule has 0 aliphatic rings. The SMILES string of the molecule is CO[C@H](CNC(=O)c1ccc2nc(CO)[nH]c2c1)c1cccs1. The zero-order chi connectivity index (χ0) is 16.2. The van der Waals surface area contributed by atoms with Crippen molar-refractivity contribution in [3.63, 3.8) is 0 Å². The van der Waals surface area contributed by atoms with Crippen molar-refractivity contribution >= 4 is 28.3 Å². The Bertz CT molecular complexity index is 798. The Morgan fingerprint density at radius 1 is 1.48 bits per heavy atom. The van der Waals surface area contributed by atoms with Crippen LogP contribution in [0.1, 0.15) is 27.2 Å². The molecule has 0 unspecified atom stereocenters. The Morgan fingerprint density at radius 2 is 2.35 bits per heavy atom. The molecule has 0 spiro atoms. The molecular formula is C16H17N3O3S. The van der Waals surface area contributed by atoms with Crippen LogP contribution in [-0.4, -0.2) is 34.6 Å². The molecular weight excluding hydrogens is 314 g/mol. The van der Waals surface area contributed by atoms with Crippen LogP contribution in [0.25, 0.3) is 11.0 Å². The second kappa shape index (κ2) is 6.91. The van der Waals surface area contributed by atoms with Crippen LogP contribution < -0.4 is 5.32 Å². The highest BCUT2D eigenvalue weighted by molar-refractivity contribution is 7.10. The molecule has 3 N–H and O–H groups in total. The number of methoxy groups -OCH3 is 1. The minimum absolute atomic E-state index is 0.157. The Morgan fingerprint density at radius 3 is 3.04 bits per heavy atom. The van der Waals surface area contributed by atoms with Gasteiger partial charge in [-0.3, -0.25) is 4.79 Å². The van der Waals surface area contributed by atoms with E-state index >= 15 is 0 Å². The number of aromatic amines is 1. The van der Waals surface area contributed by atoms with Crippen LogP contribution in [0.15, 0.2) is 35.7 Å². The fourth-order valence-corrected chi connectivity index (χ4v) is 3.14. The molecule has 6 nitrogen and oxygen atoms in total. The van der Waals surface area contributed by atoms with Crippen molar-refractivity contribution < 1.29 is 14.6 Å². The number of hydrogen-bond donors (Lipinski definition) is 3. The number of carbonyl (C=O) groups is 1. The van der Waals surface area contributed by atoms with Crippen molar-refractivity contribution in [3.05, 3.63) is 52.0 Å². The van der Waals surface area contributed by atoms with E-state index < -0.39 is 0 Å². The van der Waals surface area contributed by atoms with E-state index in [0.29, 0.717) is 17.9 Å². The molecule has 23 heavy (non-hydrogen) atoms. The molecule has 120 valence electrons. The lowest BCUT2D eigenvalue weighted by atomic mass is 10.2. The van der Waals surface area contributed by atoms with Crippen molar-refractivity contribution in [2.75, 3.05) is 13.7 Å². The maximum atomic E-state index is 12.3. The monoisotopic (exact) mass is 331 g/mol. The van der Waals surface area contributed by atoms with E-state index in [9.17, 15) is 4.79 Å². The summed E-state index contributed by atoms with van der Waals surface area (Å²) in [5.74, 6) is 0.306. The third kappa shape index (κ3) is 3.42. The van der Waals surface area contributed by atoms with Crippen LogP contribution in [0.3, 0.4) is 0 Å². The summed E-state index contributed by atoms with van der Waals surface area (Å²) in [7, 11) is 1.63. The molecule has 3 rings (SSSR count). The lowest BCUT2D eigenvalue weighted by Crippen LogP contribution is -2.28. The van der Waals surface area contributed by atoms with E-state index in [4.69, 9.17) is 9.84 Å². The molecule has 0 saturated heterocycles. The molecule has 0 aliphatic carbocycles. The van der Waals surface area contributed by atoms with E-state index in [1.54, 1.807) is 36.6 Å². The van der Waals surface area contributed by atoms with Gasteiger partial charge in [-0.1, -0.05) is 6.07 Å². The van der Waals surface area contributed by atoms with Gasteiger partial charge in [0, 0.05) is 24.1 Å². The van der Waals surface area contributed by atoms with Crippen LogP contribution in [0.4, 0.5) is 0 Å². The number of hydrogen-bond acceptors (Lipinski definition) is 5. The van der Waals surface area contributed by atoms with Crippen LogP contribution in [0.5, 0.6) is 0 Å². The number of amides is 1. The van der Waals surface area contributed by atoms with Crippen molar-refractivity contribution in [1.29, 1.82) is 0 Å². The van der Waals surface area contributed by atoms with Gasteiger partial charge in [0.1, 0.15) is 18.5 Å². The van der Waals surface area contributed by atoms with Crippen LogP contribution in [0, 0.1) is 0 Å². The summed E-state index contributed by atoms with van der Waals surface area (Å²) in [4.78, 5) is 20.6. The molecule has 2 aromatic heterocycles. The standard InChI is InChI=1S/C16H17N3O3S/c1-22-13(14-3-2-6-23-14)8-17-16(21)10-4-5-11-12(7-10)19-15(9-20)18-11/h2-7,13,20H,8-9H2,1H3,(H,17,21)(H,18,19)/t13-/m1/s1. The molecule has 0 fully saturated rings. The van der Waals surface area contributed by atoms with Gasteiger partial charge in [0.25, 0.3) is 5.91 Å². The van der Waals surface area contributed by atoms with E-state index in [0.717, 1.165) is 15.9 Å². The van der Waals surface area contributed by atoms with Gasteiger partial charge >= 0.3 is 0 Å². The quantitative estimate of drug-likeness (QED) is 0.646. The maximum absolute atomic E-state index is 12.3. The normalized spacial score (nSPS) is 12.4. The number of rotatable bonds is 6. The number of nitrogens with zero attached hydrogens (tertiary/aromatic N) is 1.